The summed E-state index contributed by atoms with van der Waals surface area (Å²) >= 11 is 0. The first-order chi connectivity index (χ1) is 9.09. The number of carboxylic acid groups (broad SMARTS) is 1. The van der Waals surface area contributed by atoms with Crippen LogP contribution in [0.1, 0.15) is 12.0 Å². The first-order valence-electron chi connectivity index (χ1n) is 6.28. The molecule has 5 heteroatoms. The molecular formula is C14H17NO4. The van der Waals surface area contributed by atoms with Gasteiger partial charge >= 0.3 is 5.97 Å². The Kier molecular flexibility index (Phi) is 4.04. The number of aliphatic carboxylic acids is 1. The number of hydrogen-bond donors (Lipinski definition) is 2. The molecule has 0 spiro atoms. The summed E-state index contributed by atoms with van der Waals surface area (Å²) in [6.07, 6.45) is 0.444. The van der Waals surface area contributed by atoms with Crippen LogP contribution in [0.25, 0.3) is 0 Å². The van der Waals surface area contributed by atoms with Gasteiger partial charge in [0.2, 0.25) is 5.91 Å². The molecule has 102 valence electrons. The van der Waals surface area contributed by atoms with Crippen LogP contribution in [-0.2, 0) is 9.59 Å². The second-order valence-corrected chi connectivity index (χ2v) is 4.69. The Morgan fingerprint density at radius 2 is 2.11 bits per heavy atom. The van der Waals surface area contributed by atoms with Crippen LogP contribution < -0.4 is 10.1 Å². The first-order valence-corrected chi connectivity index (χ1v) is 6.28. The van der Waals surface area contributed by atoms with Gasteiger partial charge in [-0.15, -0.1) is 0 Å². The van der Waals surface area contributed by atoms with Gasteiger partial charge in [-0.1, -0.05) is 18.2 Å². The molecule has 0 radical (unpaired) electrons. The molecule has 1 aliphatic rings. The van der Waals surface area contributed by atoms with Gasteiger partial charge in [0.05, 0.1) is 18.4 Å². The van der Waals surface area contributed by atoms with Crippen molar-refractivity contribution in [3.05, 3.63) is 29.8 Å². The van der Waals surface area contributed by atoms with Gasteiger partial charge in [-0.2, -0.15) is 0 Å². The van der Waals surface area contributed by atoms with Crippen molar-refractivity contribution in [3.8, 4) is 5.75 Å². The van der Waals surface area contributed by atoms with Crippen molar-refractivity contribution in [2.24, 2.45) is 11.8 Å². The third kappa shape index (κ3) is 3.47. The summed E-state index contributed by atoms with van der Waals surface area (Å²) in [5.41, 5.74) is 1.04. The average molecular weight is 263 g/mol. The number of para-hydroxylation sites is 1. The van der Waals surface area contributed by atoms with Gasteiger partial charge < -0.3 is 15.2 Å². The molecule has 1 amide bonds. The van der Waals surface area contributed by atoms with Crippen LogP contribution in [-0.4, -0.2) is 30.1 Å². The molecule has 0 heterocycles. The number of carbonyl (C=O) groups excluding carboxylic acids is 1. The summed E-state index contributed by atoms with van der Waals surface area (Å²) in [6, 6.07) is 7.65. The number of nitrogens with one attached hydrogen (secondary N) is 1. The van der Waals surface area contributed by atoms with Crippen molar-refractivity contribution in [2.75, 3.05) is 13.2 Å². The fourth-order valence-electron chi connectivity index (χ4n) is 1.94. The number of hydrogen-bond acceptors (Lipinski definition) is 3. The zero-order chi connectivity index (χ0) is 13.8. The van der Waals surface area contributed by atoms with Crippen LogP contribution in [0, 0.1) is 18.8 Å². The summed E-state index contributed by atoms with van der Waals surface area (Å²) in [7, 11) is 0. The van der Waals surface area contributed by atoms with Crippen LogP contribution in [0.2, 0.25) is 0 Å². The molecular weight excluding hydrogens is 246 g/mol. The van der Waals surface area contributed by atoms with E-state index in [2.05, 4.69) is 5.32 Å². The maximum Gasteiger partial charge on any atom is 0.307 e. The Morgan fingerprint density at radius 1 is 1.37 bits per heavy atom. The van der Waals surface area contributed by atoms with Gasteiger partial charge in [0.15, 0.2) is 0 Å². The van der Waals surface area contributed by atoms with Crippen molar-refractivity contribution in [1.29, 1.82) is 0 Å². The lowest BCUT2D eigenvalue weighted by Gasteiger charge is -2.09. The SMILES string of the molecule is Cc1ccccc1OCCNC(=O)[C@@H]1C[C@@H]1C(=O)O. The topological polar surface area (TPSA) is 75.6 Å². The van der Waals surface area contributed by atoms with Gasteiger partial charge in [0.25, 0.3) is 0 Å². The maximum absolute atomic E-state index is 11.6. The molecule has 1 aliphatic carbocycles. The minimum absolute atomic E-state index is 0.194. The van der Waals surface area contributed by atoms with E-state index in [-0.39, 0.29) is 11.8 Å². The summed E-state index contributed by atoms with van der Waals surface area (Å²) in [4.78, 5) is 22.2. The number of carbonyl (C=O) groups is 2. The summed E-state index contributed by atoms with van der Waals surface area (Å²) in [5, 5.41) is 11.4. The summed E-state index contributed by atoms with van der Waals surface area (Å²) in [5.74, 6) is -1.16. The molecule has 0 aromatic heterocycles. The molecule has 1 aromatic rings. The summed E-state index contributed by atoms with van der Waals surface area (Å²) in [6.45, 7) is 2.71. The highest BCUT2D eigenvalue weighted by molar-refractivity contribution is 5.89. The number of rotatable bonds is 6. The highest BCUT2D eigenvalue weighted by Crippen LogP contribution is 2.38. The smallest absolute Gasteiger partial charge is 0.307 e. The second kappa shape index (κ2) is 5.73. The van der Waals surface area contributed by atoms with Crippen LogP contribution in [0.5, 0.6) is 5.75 Å². The van der Waals surface area contributed by atoms with E-state index < -0.39 is 11.9 Å². The number of ether oxygens (including phenoxy) is 1. The third-order valence-corrected chi connectivity index (χ3v) is 3.20. The van der Waals surface area contributed by atoms with Gasteiger partial charge in [0, 0.05) is 0 Å². The zero-order valence-electron chi connectivity index (χ0n) is 10.8. The van der Waals surface area contributed by atoms with Gasteiger partial charge in [-0.05, 0) is 25.0 Å². The molecule has 1 fully saturated rings. The van der Waals surface area contributed by atoms with E-state index in [1.807, 2.05) is 31.2 Å². The predicted molar refractivity (Wildman–Crippen MR) is 68.9 cm³/mol. The highest BCUT2D eigenvalue weighted by atomic mass is 16.5. The van der Waals surface area contributed by atoms with Crippen molar-refractivity contribution in [1.82, 2.24) is 5.32 Å². The van der Waals surface area contributed by atoms with Crippen molar-refractivity contribution < 1.29 is 19.4 Å². The molecule has 0 saturated heterocycles. The van der Waals surface area contributed by atoms with E-state index in [1.165, 1.54) is 0 Å². The lowest BCUT2D eigenvalue weighted by atomic mass is 10.2. The molecule has 2 atom stereocenters. The molecule has 1 aromatic carbocycles. The molecule has 19 heavy (non-hydrogen) atoms. The lowest BCUT2D eigenvalue weighted by Crippen LogP contribution is -2.30. The quantitative estimate of drug-likeness (QED) is 0.756. The van der Waals surface area contributed by atoms with E-state index in [9.17, 15) is 9.59 Å². The minimum atomic E-state index is -0.892. The monoisotopic (exact) mass is 263 g/mol. The fourth-order valence-corrected chi connectivity index (χ4v) is 1.94. The maximum atomic E-state index is 11.6. The molecule has 0 bridgehead atoms. The highest BCUT2D eigenvalue weighted by Gasteiger charge is 2.48. The molecule has 0 unspecified atom stereocenters. The Balaban J connectivity index is 1.66. The van der Waals surface area contributed by atoms with Gasteiger partial charge in [-0.3, -0.25) is 9.59 Å². The van der Waals surface area contributed by atoms with Crippen LogP contribution in [0.15, 0.2) is 24.3 Å². The zero-order valence-corrected chi connectivity index (χ0v) is 10.8. The van der Waals surface area contributed by atoms with E-state index in [4.69, 9.17) is 9.84 Å². The Labute approximate surface area is 111 Å². The van der Waals surface area contributed by atoms with E-state index in [0.717, 1.165) is 11.3 Å². The first kappa shape index (κ1) is 13.4. The number of benzene rings is 1. The van der Waals surface area contributed by atoms with Gasteiger partial charge in [0.1, 0.15) is 12.4 Å². The van der Waals surface area contributed by atoms with E-state index >= 15 is 0 Å². The molecule has 1 saturated carbocycles. The number of aryl methyl sites for hydroxylation is 1. The second-order valence-electron chi connectivity index (χ2n) is 4.69. The predicted octanol–water partition coefficient (Wildman–Crippen LogP) is 1.21. The van der Waals surface area contributed by atoms with E-state index in [0.29, 0.717) is 19.6 Å². The Hall–Kier alpha value is -2.04. The molecule has 5 nitrogen and oxygen atoms in total. The summed E-state index contributed by atoms with van der Waals surface area (Å²) < 4.78 is 5.53. The van der Waals surface area contributed by atoms with Crippen molar-refractivity contribution in [3.63, 3.8) is 0 Å². The lowest BCUT2D eigenvalue weighted by molar-refractivity contribution is -0.140. The largest absolute Gasteiger partial charge is 0.491 e. The standard InChI is InChI=1S/C14H17NO4/c1-9-4-2-3-5-12(9)19-7-6-15-13(16)10-8-11(10)14(17)18/h2-5,10-11H,6-8H2,1H3,(H,15,16)(H,17,18)/t10-,11+/m1/s1. The fraction of sp³-hybridized carbons (Fsp3) is 0.429. The number of carboxylic acids is 1. The third-order valence-electron chi connectivity index (χ3n) is 3.20. The Morgan fingerprint density at radius 3 is 2.74 bits per heavy atom. The van der Waals surface area contributed by atoms with E-state index in [1.54, 1.807) is 0 Å². The van der Waals surface area contributed by atoms with Crippen LogP contribution >= 0.6 is 0 Å². The van der Waals surface area contributed by atoms with Crippen molar-refractivity contribution in [2.45, 2.75) is 13.3 Å². The number of amides is 1. The van der Waals surface area contributed by atoms with Gasteiger partial charge in [-0.25, -0.2) is 0 Å². The average Bonchev–Trinajstić information content (AvgIpc) is 3.16. The van der Waals surface area contributed by atoms with Crippen molar-refractivity contribution >= 4 is 11.9 Å². The van der Waals surface area contributed by atoms with Crippen LogP contribution in [0.4, 0.5) is 0 Å². The normalized spacial score (nSPS) is 20.7. The molecule has 0 aliphatic heterocycles. The molecule has 2 rings (SSSR count). The minimum Gasteiger partial charge on any atom is -0.491 e. The van der Waals surface area contributed by atoms with Crippen LogP contribution in [0.3, 0.4) is 0 Å². The molecule has 2 N–H and O–H groups in total. The Bertz CT molecular complexity index is 486.